The SMILES string of the molecule is NCc1cccc(N2CC(=O)NCC2=O)c1. The molecule has 0 aliphatic carbocycles. The van der Waals surface area contributed by atoms with Crippen LogP contribution in [0.2, 0.25) is 0 Å². The highest BCUT2D eigenvalue weighted by Gasteiger charge is 2.24. The number of rotatable bonds is 2. The van der Waals surface area contributed by atoms with Crippen LogP contribution in [0, 0.1) is 0 Å². The molecule has 0 atom stereocenters. The van der Waals surface area contributed by atoms with Crippen LogP contribution in [0.5, 0.6) is 0 Å². The van der Waals surface area contributed by atoms with Crippen molar-refractivity contribution in [2.75, 3.05) is 18.0 Å². The van der Waals surface area contributed by atoms with Crippen LogP contribution in [-0.4, -0.2) is 24.9 Å². The summed E-state index contributed by atoms with van der Waals surface area (Å²) in [4.78, 5) is 24.3. The molecule has 0 radical (unpaired) electrons. The number of hydrogen-bond donors (Lipinski definition) is 2. The maximum atomic E-state index is 11.6. The maximum absolute atomic E-state index is 11.6. The lowest BCUT2D eigenvalue weighted by Crippen LogP contribution is -2.51. The second-order valence-electron chi connectivity index (χ2n) is 3.63. The summed E-state index contributed by atoms with van der Waals surface area (Å²) >= 11 is 0. The lowest BCUT2D eigenvalue weighted by Gasteiger charge is -2.26. The van der Waals surface area contributed by atoms with Crippen LogP contribution in [0.4, 0.5) is 5.69 Å². The predicted octanol–water partition coefficient (Wildman–Crippen LogP) is -0.392. The molecule has 2 rings (SSSR count). The van der Waals surface area contributed by atoms with Gasteiger partial charge in [0.05, 0.1) is 6.54 Å². The van der Waals surface area contributed by atoms with Gasteiger partial charge in [-0.25, -0.2) is 0 Å². The third kappa shape index (κ3) is 2.04. The summed E-state index contributed by atoms with van der Waals surface area (Å²) in [6.07, 6.45) is 0. The fourth-order valence-corrected chi connectivity index (χ4v) is 1.64. The molecule has 1 aromatic rings. The van der Waals surface area contributed by atoms with Crippen molar-refractivity contribution >= 4 is 17.5 Å². The average Bonchev–Trinajstić information content (AvgIpc) is 2.32. The van der Waals surface area contributed by atoms with Crippen LogP contribution in [0.15, 0.2) is 24.3 Å². The molecular weight excluding hydrogens is 206 g/mol. The van der Waals surface area contributed by atoms with Crippen LogP contribution in [0.25, 0.3) is 0 Å². The van der Waals surface area contributed by atoms with Gasteiger partial charge in [-0.05, 0) is 17.7 Å². The Bertz CT molecular complexity index is 431. The molecule has 0 saturated carbocycles. The average molecular weight is 219 g/mol. The summed E-state index contributed by atoms with van der Waals surface area (Å²) in [6, 6.07) is 7.35. The molecule has 1 heterocycles. The largest absolute Gasteiger partial charge is 0.345 e. The molecule has 0 spiro atoms. The van der Waals surface area contributed by atoms with E-state index in [0.29, 0.717) is 6.54 Å². The molecule has 3 N–H and O–H groups in total. The molecule has 16 heavy (non-hydrogen) atoms. The first kappa shape index (κ1) is 10.6. The Kier molecular flexibility index (Phi) is 2.87. The number of carbonyl (C=O) groups excluding carboxylic acids is 2. The van der Waals surface area contributed by atoms with Gasteiger partial charge >= 0.3 is 0 Å². The van der Waals surface area contributed by atoms with Gasteiger partial charge < -0.3 is 16.0 Å². The third-order valence-corrected chi connectivity index (χ3v) is 2.50. The van der Waals surface area contributed by atoms with Crippen LogP contribution in [0.1, 0.15) is 5.56 Å². The molecular formula is C11H13N3O2. The molecule has 84 valence electrons. The number of nitrogens with one attached hydrogen (secondary N) is 1. The number of nitrogens with two attached hydrogens (primary N) is 1. The first-order valence-corrected chi connectivity index (χ1v) is 5.07. The first-order valence-electron chi connectivity index (χ1n) is 5.07. The van der Waals surface area contributed by atoms with Crippen LogP contribution in [-0.2, 0) is 16.1 Å². The number of benzene rings is 1. The molecule has 1 saturated heterocycles. The van der Waals surface area contributed by atoms with Gasteiger partial charge in [-0.15, -0.1) is 0 Å². The number of hydrogen-bond acceptors (Lipinski definition) is 3. The standard InChI is InChI=1S/C11H13N3O2/c12-5-8-2-1-3-9(4-8)14-7-10(15)13-6-11(14)16/h1-4H,5-7,12H2,(H,13,15). The van der Waals surface area contributed by atoms with Crippen molar-refractivity contribution in [2.45, 2.75) is 6.54 Å². The van der Waals surface area contributed by atoms with Gasteiger partial charge in [0.25, 0.3) is 0 Å². The van der Waals surface area contributed by atoms with E-state index in [2.05, 4.69) is 5.32 Å². The highest BCUT2D eigenvalue weighted by atomic mass is 16.2. The van der Waals surface area contributed by atoms with Crippen molar-refractivity contribution in [3.8, 4) is 0 Å². The van der Waals surface area contributed by atoms with Gasteiger partial charge in [0.2, 0.25) is 11.8 Å². The van der Waals surface area contributed by atoms with Crippen molar-refractivity contribution in [1.29, 1.82) is 0 Å². The van der Waals surface area contributed by atoms with Crippen molar-refractivity contribution in [3.63, 3.8) is 0 Å². The van der Waals surface area contributed by atoms with Crippen molar-refractivity contribution < 1.29 is 9.59 Å². The molecule has 1 fully saturated rings. The number of carbonyl (C=O) groups is 2. The fraction of sp³-hybridized carbons (Fsp3) is 0.273. The Labute approximate surface area is 93.2 Å². The van der Waals surface area contributed by atoms with Crippen LogP contribution >= 0.6 is 0 Å². The minimum Gasteiger partial charge on any atom is -0.345 e. The summed E-state index contributed by atoms with van der Waals surface area (Å²) in [5.74, 6) is -0.244. The van der Waals surface area contributed by atoms with Gasteiger partial charge in [-0.3, -0.25) is 9.59 Å². The minimum absolute atomic E-state index is 0.0612. The quantitative estimate of drug-likeness (QED) is 0.711. The normalized spacial score (nSPS) is 16.2. The zero-order valence-corrected chi connectivity index (χ0v) is 8.77. The summed E-state index contributed by atoms with van der Waals surface area (Å²) in [7, 11) is 0. The Morgan fingerprint density at radius 3 is 2.94 bits per heavy atom. The van der Waals surface area contributed by atoms with Gasteiger partial charge in [0.15, 0.2) is 0 Å². The van der Waals surface area contributed by atoms with Gasteiger partial charge in [-0.1, -0.05) is 12.1 Å². The topological polar surface area (TPSA) is 75.4 Å². The van der Waals surface area contributed by atoms with Crippen molar-refractivity contribution in [2.24, 2.45) is 5.73 Å². The van der Waals surface area contributed by atoms with E-state index < -0.39 is 0 Å². The Balaban J connectivity index is 2.27. The predicted molar refractivity (Wildman–Crippen MR) is 59.7 cm³/mol. The molecule has 1 aliphatic heterocycles. The first-order chi connectivity index (χ1) is 7.70. The summed E-state index contributed by atoms with van der Waals surface area (Å²) in [5, 5.41) is 2.51. The molecule has 1 aliphatic rings. The van der Waals surface area contributed by atoms with E-state index in [4.69, 9.17) is 5.73 Å². The number of amides is 2. The number of piperazine rings is 1. The van der Waals surface area contributed by atoms with Crippen molar-refractivity contribution in [1.82, 2.24) is 5.32 Å². The zero-order chi connectivity index (χ0) is 11.5. The van der Waals surface area contributed by atoms with E-state index >= 15 is 0 Å². The maximum Gasteiger partial charge on any atom is 0.246 e. The highest BCUT2D eigenvalue weighted by Crippen LogP contribution is 2.17. The Morgan fingerprint density at radius 2 is 2.19 bits per heavy atom. The van der Waals surface area contributed by atoms with Crippen molar-refractivity contribution in [3.05, 3.63) is 29.8 Å². The molecule has 0 aromatic heterocycles. The van der Waals surface area contributed by atoms with Gasteiger partial charge in [0, 0.05) is 12.2 Å². The van der Waals surface area contributed by atoms with E-state index in [1.165, 1.54) is 4.90 Å². The highest BCUT2D eigenvalue weighted by molar-refractivity contribution is 6.04. The molecule has 5 heteroatoms. The molecule has 5 nitrogen and oxygen atoms in total. The van der Waals surface area contributed by atoms with Gasteiger partial charge in [0.1, 0.15) is 6.54 Å². The number of nitrogens with zero attached hydrogens (tertiary/aromatic N) is 1. The Morgan fingerprint density at radius 1 is 1.38 bits per heavy atom. The smallest absolute Gasteiger partial charge is 0.246 e. The van der Waals surface area contributed by atoms with Crippen LogP contribution < -0.4 is 16.0 Å². The molecule has 0 unspecified atom stereocenters. The van der Waals surface area contributed by atoms with E-state index in [-0.39, 0.29) is 24.9 Å². The van der Waals surface area contributed by atoms with Gasteiger partial charge in [-0.2, -0.15) is 0 Å². The van der Waals surface area contributed by atoms with E-state index in [1.54, 1.807) is 6.07 Å². The van der Waals surface area contributed by atoms with Crippen LogP contribution in [0.3, 0.4) is 0 Å². The minimum atomic E-state index is -0.141. The number of anilines is 1. The van der Waals surface area contributed by atoms with E-state index in [1.807, 2.05) is 18.2 Å². The zero-order valence-electron chi connectivity index (χ0n) is 8.77. The molecule has 2 amide bonds. The Hall–Kier alpha value is -1.88. The van der Waals surface area contributed by atoms with E-state index in [0.717, 1.165) is 11.3 Å². The fourth-order valence-electron chi connectivity index (χ4n) is 1.64. The summed E-state index contributed by atoms with van der Waals surface area (Å²) in [6.45, 7) is 0.556. The molecule has 0 bridgehead atoms. The third-order valence-electron chi connectivity index (χ3n) is 2.50. The lowest BCUT2D eigenvalue weighted by atomic mass is 10.1. The monoisotopic (exact) mass is 219 g/mol. The lowest BCUT2D eigenvalue weighted by molar-refractivity contribution is -0.128. The van der Waals surface area contributed by atoms with E-state index in [9.17, 15) is 9.59 Å². The summed E-state index contributed by atoms with van der Waals surface area (Å²) < 4.78 is 0. The second-order valence-corrected chi connectivity index (χ2v) is 3.63. The summed E-state index contributed by atoms with van der Waals surface area (Å²) in [5.41, 5.74) is 7.19. The molecule has 1 aromatic carbocycles. The second kappa shape index (κ2) is 4.32.